The van der Waals surface area contributed by atoms with Gasteiger partial charge in [-0.1, -0.05) is 30.3 Å². The smallest absolute Gasteiger partial charge is 0.253 e. The van der Waals surface area contributed by atoms with Gasteiger partial charge < -0.3 is 15.5 Å². The number of amides is 2. The number of rotatable bonds is 7. The Balaban J connectivity index is 2.10. The fourth-order valence-corrected chi connectivity index (χ4v) is 2.54. The third kappa shape index (κ3) is 5.49. The molecular weight excluding hydrogens is 350 g/mol. The highest BCUT2D eigenvalue weighted by atomic mass is 35.5. The summed E-state index contributed by atoms with van der Waals surface area (Å²) in [6.07, 6.45) is 0.754. The number of nitrogens with zero attached hydrogens (tertiary/aromatic N) is 1. The van der Waals surface area contributed by atoms with Gasteiger partial charge in [0.15, 0.2) is 0 Å². The molecule has 26 heavy (non-hydrogen) atoms. The molecule has 1 atom stereocenters. The van der Waals surface area contributed by atoms with Crippen LogP contribution in [0, 0.1) is 0 Å². The molecule has 0 unspecified atom stereocenters. The maximum atomic E-state index is 12.7. The lowest BCUT2D eigenvalue weighted by Gasteiger charge is -2.19. The van der Waals surface area contributed by atoms with Crippen molar-refractivity contribution in [2.24, 2.45) is 0 Å². The second kappa shape index (κ2) is 9.25. The Hall–Kier alpha value is -2.53. The minimum atomic E-state index is -0.647. The Bertz CT molecular complexity index is 761. The number of hydrogen-bond acceptors (Lipinski definition) is 3. The molecule has 0 radical (unpaired) electrons. The van der Waals surface area contributed by atoms with Gasteiger partial charge in [0.05, 0.1) is 5.56 Å². The van der Waals surface area contributed by atoms with E-state index in [4.69, 9.17) is 11.6 Å². The Morgan fingerprint density at radius 2 is 1.81 bits per heavy atom. The van der Waals surface area contributed by atoms with Crippen LogP contribution in [0.4, 0.5) is 11.4 Å². The zero-order valence-electron chi connectivity index (χ0n) is 15.3. The van der Waals surface area contributed by atoms with Crippen LogP contribution in [0.2, 0.25) is 0 Å². The van der Waals surface area contributed by atoms with Crippen LogP contribution in [0.3, 0.4) is 0 Å². The predicted molar refractivity (Wildman–Crippen MR) is 107 cm³/mol. The molecule has 6 heteroatoms. The first-order valence-corrected chi connectivity index (χ1v) is 8.90. The largest absolute Gasteiger partial charge is 0.377 e. The first-order valence-electron chi connectivity index (χ1n) is 8.47. The minimum Gasteiger partial charge on any atom is -0.377 e. The van der Waals surface area contributed by atoms with Gasteiger partial charge >= 0.3 is 0 Å². The molecule has 0 spiro atoms. The van der Waals surface area contributed by atoms with Crippen molar-refractivity contribution in [3.63, 3.8) is 0 Å². The number of carbonyl (C=O) groups is 2. The average molecular weight is 374 g/mol. The van der Waals surface area contributed by atoms with E-state index >= 15 is 0 Å². The number of benzene rings is 2. The summed E-state index contributed by atoms with van der Waals surface area (Å²) in [5.41, 5.74) is 2.99. The number of hydrogen-bond donors (Lipinski definition) is 2. The highest BCUT2D eigenvalue weighted by Crippen LogP contribution is 2.23. The number of halogens is 1. The summed E-state index contributed by atoms with van der Waals surface area (Å²) < 4.78 is 0. The molecule has 5 nitrogen and oxygen atoms in total. The topological polar surface area (TPSA) is 61.4 Å². The molecular formula is C20H24ClN3O2. The van der Waals surface area contributed by atoms with E-state index in [1.54, 1.807) is 25.1 Å². The Kier molecular flexibility index (Phi) is 7.04. The SMILES string of the molecule is C[C@H](Cl)C(=O)Nc1ccc(N(C)C)c(C(=O)NCCc2ccccc2)c1. The number of anilines is 2. The summed E-state index contributed by atoms with van der Waals surface area (Å²) in [6.45, 7) is 2.13. The molecule has 0 aliphatic heterocycles. The lowest BCUT2D eigenvalue weighted by atomic mass is 10.1. The van der Waals surface area contributed by atoms with Crippen molar-refractivity contribution >= 4 is 34.8 Å². The standard InChI is InChI=1S/C20H24ClN3O2/c1-14(21)19(25)23-16-9-10-18(24(2)3)17(13-16)20(26)22-12-11-15-7-5-4-6-8-15/h4-10,13-14H,11-12H2,1-3H3,(H,22,26)(H,23,25)/t14-/m0/s1. The Morgan fingerprint density at radius 1 is 1.12 bits per heavy atom. The molecule has 2 aromatic rings. The fourth-order valence-electron chi connectivity index (χ4n) is 2.49. The summed E-state index contributed by atoms with van der Waals surface area (Å²) in [6, 6.07) is 15.2. The van der Waals surface area contributed by atoms with Crippen molar-refractivity contribution in [2.45, 2.75) is 18.7 Å². The molecule has 0 heterocycles. The molecule has 138 valence electrons. The van der Waals surface area contributed by atoms with Crippen LogP contribution in [0.5, 0.6) is 0 Å². The quantitative estimate of drug-likeness (QED) is 0.732. The van der Waals surface area contributed by atoms with Gasteiger partial charge in [0.2, 0.25) is 5.91 Å². The molecule has 0 saturated heterocycles. The molecule has 2 amide bonds. The molecule has 0 saturated carbocycles. The molecule has 0 aromatic heterocycles. The molecule has 0 fully saturated rings. The van der Waals surface area contributed by atoms with Crippen molar-refractivity contribution < 1.29 is 9.59 Å². The first-order chi connectivity index (χ1) is 12.4. The maximum absolute atomic E-state index is 12.7. The van der Waals surface area contributed by atoms with Gasteiger partial charge in [0, 0.05) is 32.0 Å². The van der Waals surface area contributed by atoms with Crippen molar-refractivity contribution in [3.8, 4) is 0 Å². The number of alkyl halides is 1. The van der Waals surface area contributed by atoms with Crippen molar-refractivity contribution in [1.82, 2.24) is 5.32 Å². The van der Waals surface area contributed by atoms with E-state index in [9.17, 15) is 9.59 Å². The highest BCUT2D eigenvalue weighted by molar-refractivity contribution is 6.32. The van der Waals surface area contributed by atoms with Crippen LogP contribution in [-0.4, -0.2) is 37.8 Å². The van der Waals surface area contributed by atoms with E-state index in [-0.39, 0.29) is 11.8 Å². The fraction of sp³-hybridized carbons (Fsp3) is 0.300. The lowest BCUT2D eigenvalue weighted by molar-refractivity contribution is -0.115. The number of carbonyl (C=O) groups excluding carboxylic acids is 2. The summed E-state index contributed by atoms with van der Waals surface area (Å²) in [7, 11) is 3.74. The van der Waals surface area contributed by atoms with Crippen LogP contribution >= 0.6 is 11.6 Å². The maximum Gasteiger partial charge on any atom is 0.253 e. The van der Waals surface area contributed by atoms with E-state index in [0.29, 0.717) is 17.8 Å². The van der Waals surface area contributed by atoms with Crippen molar-refractivity contribution in [2.75, 3.05) is 30.9 Å². The molecule has 2 aromatic carbocycles. The Labute approximate surface area is 159 Å². The van der Waals surface area contributed by atoms with Gasteiger partial charge in [-0.3, -0.25) is 9.59 Å². The van der Waals surface area contributed by atoms with E-state index in [1.807, 2.05) is 49.3 Å². The van der Waals surface area contributed by atoms with Gasteiger partial charge in [0.1, 0.15) is 5.38 Å². The van der Waals surface area contributed by atoms with E-state index in [2.05, 4.69) is 10.6 Å². The minimum absolute atomic E-state index is 0.181. The lowest BCUT2D eigenvalue weighted by Crippen LogP contribution is -2.28. The zero-order valence-corrected chi connectivity index (χ0v) is 16.0. The van der Waals surface area contributed by atoms with Gasteiger partial charge in [-0.25, -0.2) is 0 Å². The summed E-state index contributed by atoms with van der Waals surface area (Å²) >= 11 is 5.79. The molecule has 0 bridgehead atoms. The Morgan fingerprint density at radius 3 is 2.42 bits per heavy atom. The third-order valence-corrected chi connectivity index (χ3v) is 4.09. The monoisotopic (exact) mass is 373 g/mol. The van der Waals surface area contributed by atoms with E-state index in [0.717, 1.165) is 17.7 Å². The van der Waals surface area contributed by atoms with Crippen molar-refractivity contribution in [1.29, 1.82) is 0 Å². The second-order valence-corrected chi connectivity index (χ2v) is 6.88. The third-order valence-electron chi connectivity index (χ3n) is 3.89. The summed E-state index contributed by atoms with van der Waals surface area (Å²) in [4.78, 5) is 26.3. The van der Waals surface area contributed by atoms with Crippen LogP contribution in [-0.2, 0) is 11.2 Å². The zero-order chi connectivity index (χ0) is 19.1. The first kappa shape index (κ1) is 19.8. The molecule has 0 aliphatic carbocycles. The normalized spacial score (nSPS) is 11.5. The van der Waals surface area contributed by atoms with Gasteiger partial charge in [-0.2, -0.15) is 0 Å². The van der Waals surface area contributed by atoms with Gasteiger partial charge in [0.25, 0.3) is 5.91 Å². The second-order valence-electron chi connectivity index (χ2n) is 6.22. The van der Waals surface area contributed by atoms with Crippen LogP contribution in [0.1, 0.15) is 22.8 Å². The van der Waals surface area contributed by atoms with Crippen LogP contribution in [0.15, 0.2) is 48.5 Å². The average Bonchev–Trinajstić information content (AvgIpc) is 2.62. The van der Waals surface area contributed by atoms with E-state index in [1.165, 1.54) is 0 Å². The summed E-state index contributed by atoms with van der Waals surface area (Å²) in [5.74, 6) is -0.487. The van der Waals surface area contributed by atoms with Gasteiger partial charge in [-0.15, -0.1) is 11.6 Å². The molecule has 2 rings (SSSR count). The molecule has 0 aliphatic rings. The van der Waals surface area contributed by atoms with Crippen molar-refractivity contribution in [3.05, 3.63) is 59.7 Å². The summed E-state index contributed by atoms with van der Waals surface area (Å²) in [5, 5.41) is 5.01. The predicted octanol–water partition coefficient (Wildman–Crippen LogP) is 3.29. The highest BCUT2D eigenvalue weighted by Gasteiger charge is 2.16. The molecule has 2 N–H and O–H groups in total. The van der Waals surface area contributed by atoms with Crippen LogP contribution < -0.4 is 15.5 Å². The number of nitrogens with one attached hydrogen (secondary N) is 2. The van der Waals surface area contributed by atoms with E-state index < -0.39 is 5.38 Å². The van der Waals surface area contributed by atoms with Crippen LogP contribution in [0.25, 0.3) is 0 Å². The van der Waals surface area contributed by atoms with Gasteiger partial charge in [-0.05, 0) is 37.1 Å².